The van der Waals surface area contributed by atoms with E-state index < -0.39 is 0 Å². The van der Waals surface area contributed by atoms with Crippen molar-refractivity contribution in [3.8, 4) is 11.1 Å². The molecular weight excluding hydrogens is 238 g/mol. The summed E-state index contributed by atoms with van der Waals surface area (Å²) in [5.41, 5.74) is 3.81. The van der Waals surface area contributed by atoms with Crippen LogP contribution in [0.2, 0.25) is 0 Å². The lowest BCUT2D eigenvalue weighted by Crippen LogP contribution is -2.25. The summed E-state index contributed by atoms with van der Waals surface area (Å²) in [6.07, 6.45) is 3.80. The first-order chi connectivity index (χ1) is 9.15. The van der Waals surface area contributed by atoms with Gasteiger partial charge in [-0.15, -0.1) is 0 Å². The molecule has 0 aliphatic carbocycles. The normalized spacial score (nSPS) is 10.5. The maximum Gasteiger partial charge on any atom is 0.267 e. The molecule has 4 nitrogen and oxygen atoms in total. The van der Waals surface area contributed by atoms with Crippen molar-refractivity contribution in [2.45, 2.75) is 27.3 Å². The molecule has 0 aliphatic heterocycles. The summed E-state index contributed by atoms with van der Waals surface area (Å²) in [6.45, 7) is 7.33. The monoisotopic (exact) mass is 257 g/mol. The summed E-state index contributed by atoms with van der Waals surface area (Å²) in [4.78, 5) is 16.2. The molecule has 0 aliphatic rings. The summed E-state index contributed by atoms with van der Waals surface area (Å²) in [6, 6.07) is 5.92. The smallest absolute Gasteiger partial charge is 0.267 e. The van der Waals surface area contributed by atoms with Crippen LogP contribution in [0.5, 0.6) is 0 Å². The number of hydrogen-bond donors (Lipinski definition) is 1. The van der Waals surface area contributed by atoms with Gasteiger partial charge in [0.15, 0.2) is 0 Å². The molecule has 0 atom stereocenters. The van der Waals surface area contributed by atoms with E-state index in [4.69, 9.17) is 0 Å². The minimum atomic E-state index is -0.0265. The third-order valence-corrected chi connectivity index (χ3v) is 3.04. The van der Waals surface area contributed by atoms with Crippen LogP contribution in [0.15, 0.2) is 30.6 Å². The highest BCUT2D eigenvalue weighted by Gasteiger charge is 2.13. The fraction of sp³-hybridized carbons (Fsp3) is 0.333. The van der Waals surface area contributed by atoms with E-state index in [1.807, 2.05) is 49.7 Å². The highest BCUT2D eigenvalue weighted by atomic mass is 16.1. The number of nitrogens with zero attached hydrogens (tertiary/aromatic N) is 2. The van der Waals surface area contributed by atoms with Crippen LogP contribution >= 0.6 is 0 Å². The van der Waals surface area contributed by atoms with Crippen LogP contribution in [0.1, 0.15) is 30.0 Å². The van der Waals surface area contributed by atoms with E-state index in [0.29, 0.717) is 12.2 Å². The first kappa shape index (κ1) is 13.3. The van der Waals surface area contributed by atoms with Gasteiger partial charge in [0.05, 0.1) is 0 Å². The first-order valence-corrected chi connectivity index (χ1v) is 6.57. The average Bonchev–Trinajstić information content (AvgIpc) is 2.83. The van der Waals surface area contributed by atoms with E-state index in [1.54, 1.807) is 6.20 Å². The van der Waals surface area contributed by atoms with E-state index in [2.05, 4.69) is 10.3 Å². The molecule has 0 unspecified atom stereocenters. The molecule has 2 aromatic rings. The Labute approximate surface area is 113 Å². The maximum atomic E-state index is 12.0. The first-order valence-electron chi connectivity index (χ1n) is 6.57. The van der Waals surface area contributed by atoms with Crippen molar-refractivity contribution in [1.82, 2.24) is 14.9 Å². The zero-order valence-corrected chi connectivity index (χ0v) is 11.6. The minimum Gasteiger partial charge on any atom is -0.351 e. The molecule has 1 amide bonds. The van der Waals surface area contributed by atoms with Crippen LogP contribution in [-0.2, 0) is 6.54 Å². The maximum absolute atomic E-state index is 12.0. The van der Waals surface area contributed by atoms with Gasteiger partial charge < -0.3 is 9.88 Å². The molecule has 2 rings (SSSR count). The predicted octanol–water partition coefficient (Wildman–Crippen LogP) is 2.63. The van der Waals surface area contributed by atoms with E-state index >= 15 is 0 Å². The molecule has 2 heterocycles. The van der Waals surface area contributed by atoms with Crippen LogP contribution in [0.4, 0.5) is 0 Å². The Kier molecular flexibility index (Phi) is 4.00. The fourth-order valence-corrected chi connectivity index (χ4v) is 2.10. The second-order valence-electron chi connectivity index (χ2n) is 4.45. The molecule has 2 aromatic heterocycles. The van der Waals surface area contributed by atoms with Crippen LogP contribution < -0.4 is 5.32 Å². The van der Waals surface area contributed by atoms with E-state index in [1.165, 1.54) is 0 Å². The van der Waals surface area contributed by atoms with Crippen LogP contribution in [0, 0.1) is 6.92 Å². The summed E-state index contributed by atoms with van der Waals surface area (Å²) in [5, 5.41) is 2.84. The number of carbonyl (C=O) groups excluding carboxylic acids is 1. The van der Waals surface area contributed by atoms with Crippen molar-refractivity contribution in [2.24, 2.45) is 0 Å². The van der Waals surface area contributed by atoms with Crippen molar-refractivity contribution in [3.05, 3.63) is 42.0 Å². The number of hydrogen-bond acceptors (Lipinski definition) is 2. The van der Waals surface area contributed by atoms with Crippen LogP contribution in [-0.4, -0.2) is 22.0 Å². The Hall–Kier alpha value is -2.10. The number of nitrogens with one attached hydrogen (secondary N) is 1. The van der Waals surface area contributed by atoms with Gasteiger partial charge in [-0.1, -0.05) is 0 Å². The number of carbonyl (C=O) groups is 1. The number of rotatable bonds is 4. The van der Waals surface area contributed by atoms with Gasteiger partial charge in [0.2, 0.25) is 0 Å². The van der Waals surface area contributed by atoms with Gasteiger partial charge in [0.25, 0.3) is 5.91 Å². The van der Waals surface area contributed by atoms with E-state index in [9.17, 15) is 4.79 Å². The van der Waals surface area contributed by atoms with Crippen LogP contribution in [0.3, 0.4) is 0 Å². The molecule has 0 saturated heterocycles. The topological polar surface area (TPSA) is 46.9 Å². The lowest BCUT2D eigenvalue weighted by atomic mass is 10.1. The van der Waals surface area contributed by atoms with Crippen molar-refractivity contribution < 1.29 is 4.79 Å². The van der Waals surface area contributed by atoms with Gasteiger partial charge in [-0.25, -0.2) is 0 Å². The van der Waals surface area contributed by atoms with E-state index in [-0.39, 0.29) is 5.91 Å². The summed E-state index contributed by atoms with van der Waals surface area (Å²) < 4.78 is 1.97. The molecule has 0 spiro atoms. The van der Waals surface area contributed by atoms with Crippen molar-refractivity contribution in [3.63, 3.8) is 0 Å². The minimum absolute atomic E-state index is 0.0265. The Morgan fingerprint density at radius 3 is 2.74 bits per heavy atom. The fourth-order valence-electron chi connectivity index (χ4n) is 2.10. The third kappa shape index (κ3) is 2.84. The number of pyridine rings is 1. The summed E-state index contributed by atoms with van der Waals surface area (Å²) in [5.74, 6) is -0.0265. The van der Waals surface area contributed by atoms with Crippen molar-refractivity contribution >= 4 is 5.91 Å². The summed E-state index contributed by atoms with van der Waals surface area (Å²) >= 11 is 0. The van der Waals surface area contributed by atoms with Crippen molar-refractivity contribution in [2.75, 3.05) is 6.54 Å². The molecule has 0 aromatic carbocycles. The van der Waals surface area contributed by atoms with Gasteiger partial charge in [-0.05, 0) is 44.5 Å². The Morgan fingerprint density at radius 2 is 2.11 bits per heavy atom. The Bertz CT molecular complexity index is 587. The largest absolute Gasteiger partial charge is 0.351 e. The van der Waals surface area contributed by atoms with E-state index in [0.717, 1.165) is 23.4 Å². The molecule has 0 radical (unpaired) electrons. The number of aromatic nitrogens is 2. The second kappa shape index (κ2) is 5.69. The SMILES string of the molecule is CCNC(=O)c1cc(-c2ccnc(C)c2)cn1CC. The number of amides is 1. The molecule has 0 saturated carbocycles. The lowest BCUT2D eigenvalue weighted by Gasteiger charge is -2.05. The standard InChI is InChI=1S/C15H19N3O/c1-4-16-15(19)14-9-13(10-18(14)5-2)12-6-7-17-11(3)8-12/h6-10H,4-5H2,1-3H3,(H,16,19). The second-order valence-corrected chi connectivity index (χ2v) is 4.45. The highest BCUT2D eigenvalue weighted by Crippen LogP contribution is 2.22. The van der Waals surface area contributed by atoms with Crippen molar-refractivity contribution in [1.29, 1.82) is 0 Å². The Balaban J connectivity index is 2.41. The molecular formula is C15H19N3O. The molecule has 100 valence electrons. The van der Waals surface area contributed by atoms with Crippen LogP contribution in [0.25, 0.3) is 11.1 Å². The van der Waals surface area contributed by atoms with Gasteiger partial charge in [0, 0.05) is 36.7 Å². The molecule has 19 heavy (non-hydrogen) atoms. The highest BCUT2D eigenvalue weighted by molar-refractivity contribution is 5.94. The van der Waals surface area contributed by atoms with Gasteiger partial charge in [0.1, 0.15) is 5.69 Å². The molecule has 0 fully saturated rings. The quantitative estimate of drug-likeness (QED) is 0.915. The third-order valence-electron chi connectivity index (χ3n) is 3.04. The Morgan fingerprint density at radius 1 is 1.32 bits per heavy atom. The van der Waals surface area contributed by atoms with Gasteiger partial charge >= 0.3 is 0 Å². The average molecular weight is 257 g/mol. The zero-order chi connectivity index (χ0) is 13.8. The summed E-state index contributed by atoms with van der Waals surface area (Å²) in [7, 11) is 0. The molecule has 0 bridgehead atoms. The lowest BCUT2D eigenvalue weighted by molar-refractivity contribution is 0.0946. The van der Waals surface area contributed by atoms with Gasteiger partial charge in [-0.3, -0.25) is 9.78 Å². The predicted molar refractivity (Wildman–Crippen MR) is 76.1 cm³/mol. The number of aryl methyl sites for hydroxylation is 2. The van der Waals surface area contributed by atoms with Gasteiger partial charge in [-0.2, -0.15) is 0 Å². The molecule has 1 N–H and O–H groups in total. The zero-order valence-electron chi connectivity index (χ0n) is 11.6. The molecule has 4 heteroatoms.